The van der Waals surface area contributed by atoms with Gasteiger partial charge in [0.1, 0.15) is 0 Å². The second-order valence-electron chi connectivity index (χ2n) is 3.17. The second kappa shape index (κ2) is 4.28. The van der Waals surface area contributed by atoms with Crippen LogP contribution in [0.15, 0.2) is 41.0 Å². The number of halogens is 1. The molecule has 1 heterocycles. The molecule has 0 aliphatic heterocycles. The van der Waals surface area contributed by atoms with Crippen molar-refractivity contribution in [2.24, 2.45) is 0 Å². The molecule has 16 heavy (non-hydrogen) atoms. The van der Waals surface area contributed by atoms with Gasteiger partial charge < -0.3 is 15.5 Å². The molecule has 1 aromatic carbocycles. The smallest absolute Gasteiger partial charge is 0.291 e. The number of hydrogen-bond acceptors (Lipinski definition) is 3. The number of nitrogens with one attached hydrogen (secondary N) is 1. The summed E-state index contributed by atoms with van der Waals surface area (Å²) < 4.78 is 4.95. The van der Waals surface area contributed by atoms with Crippen molar-refractivity contribution in [3.05, 3.63) is 47.4 Å². The minimum atomic E-state index is -0.328. The second-order valence-corrected chi connectivity index (χ2v) is 3.57. The van der Waals surface area contributed by atoms with E-state index in [4.69, 9.17) is 21.8 Å². The molecule has 0 aliphatic carbocycles. The lowest BCUT2D eigenvalue weighted by Gasteiger charge is -2.04. The molecule has 0 unspecified atom stereocenters. The van der Waals surface area contributed by atoms with E-state index in [1.807, 2.05) is 0 Å². The maximum Gasteiger partial charge on any atom is 0.291 e. The van der Waals surface area contributed by atoms with Crippen LogP contribution in [-0.4, -0.2) is 5.91 Å². The molecule has 0 spiro atoms. The molecular formula is C11H9ClN2O2. The number of benzene rings is 1. The zero-order valence-corrected chi connectivity index (χ0v) is 8.99. The van der Waals surface area contributed by atoms with Crippen LogP contribution in [0.5, 0.6) is 0 Å². The SMILES string of the molecule is Nc1ccc(NC(=O)c2ccco2)cc1Cl. The molecule has 4 nitrogen and oxygen atoms in total. The molecule has 1 aromatic heterocycles. The van der Waals surface area contributed by atoms with E-state index in [9.17, 15) is 4.79 Å². The molecule has 0 aliphatic rings. The van der Waals surface area contributed by atoms with Crippen molar-refractivity contribution in [3.8, 4) is 0 Å². The molecule has 2 aromatic rings. The fourth-order valence-electron chi connectivity index (χ4n) is 1.21. The van der Waals surface area contributed by atoms with Crippen LogP contribution in [-0.2, 0) is 0 Å². The van der Waals surface area contributed by atoms with Crippen molar-refractivity contribution in [2.75, 3.05) is 11.1 Å². The largest absolute Gasteiger partial charge is 0.459 e. The van der Waals surface area contributed by atoms with Crippen LogP contribution in [0.1, 0.15) is 10.6 Å². The van der Waals surface area contributed by atoms with Gasteiger partial charge in [-0.25, -0.2) is 0 Å². The van der Waals surface area contributed by atoms with E-state index in [2.05, 4.69) is 5.32 Å². The van der Waals surface area contributed by atoms with Crippen molar-refractivity contribution in [2.45, 2.75) is 0 Å². The summed E-state index contributed by atoms with van der Waals surface area (Å²) in [6.45, 7) is 0. The predicted octanol–water partition coefficient (Wildman–Crippen LogP) is 2.77. The number of anilines is 2. The summed E-state index contributed by atoms with van der Waals surface area (Å²) >= 11 is 5.82. The van der Waals surface area contributed by atoms with Crippen LogP contribution in [0.4, 0.5) is 11.4 Å². The Balaban J connectivity index is 2.15. The number of nitrogen functional groups attached to an aromatic ring is 1. The quantitative estimate of drug-likeness (QED) is 0.788. The van der Waals surface area contributed by atoms with E-state index in [0.29, 0.717) is 16.4 Å². The van der Waals surface area contributed by atoms with Gasteiger partial charge in [-0.1, -0.05) is 11.6 Å². The Morgan fingerprint density at radius 2 is 2.19 bits per heavy atom. The van der Waals surface area contributed by atoms with Gasteiger partial charge in [-0.05, 0) is 30.3 Å². The third-order valence-corrected chi connectivity index (χ3v) is 2.33. The van der Waals surface area contributed by atoms with E-state index >= 15 is 0 Å². The summed E-state index contributed by atoms with van der Waals surface area (Å²) in [6, 6.07) is 8.10. The summed E-state index contributed by atoms with van der Waals surface area (Å²) in [7, 11) is 0. The first-order valence-electron chi connectivity index (χ1n) is 4.56. The number of amides is 1. The molecule has 0 bridgehead atoms. The highest BCUT2D eigenvalue weighted by atomic mass is 35.5. The Labute approximate surface area is 97.0 Å². The van der Waals surface area contributed by atoms with Gasteiger partial charge in [0.25, 0.3) is 5.91 Å². The number of nitrogens with two attached hydrogens (primary N) is 1. The van der Waals surface area contributed by atoms with Crippen LogP contribution in [0.3, 0.4) is 0 Å². The van der Waals surface area contributed by atoms with Crippen molar-refractivity contribution in [3.63, 3.8) is 0 Å². The Morgan fingerprint density at radius 3 is 2.81 bits per heavy atom. The van der Waals surface area contributed by atoms with Crippen LogP contribution < -0.4 is 11.1 Å². The van der Waals surface area contributed by atoms with Crippen LogP contribution in [0.2, 0.25) is 5.02 Å². The van der Waals surface area contributed by atoms with Crippen molar-refractivity contribution >= 4 is 28.9 Å². The lowest BCUT2D eigenvalue weighted by Crippen LogP contribution is -2.10. The molecule has 0 saturated heterocycles. The third-order valence-electron chi connectivity index (χ3n) is 2.00. The molecule has 5 heteroatoms. The van der Waals surface area contributed by atoms with Crippen LogP contribution in [0, 0.1) is 0 Å². The fraction of sp³-hybridized carbons (Fsp3) is 0. The Morgan fingerprint density at radius 1 is 1.38 bits per heavy atom. The minimum Gasteiger partial charge on any atom is -0.459 e. The summed E-state index contributed by atoms with van der Waals surface area (Å²) in [4.78, 5) is 11.6. The van der Waals surface area contributed by atoms with Gasteiger partial charge in [-0.2, -0.15) is 0 Å². The highest BCUT2D eigenvalue weighted by molar-refractivity contribution is 6.33. The van der Waals surface area contributed by atoms with Crippen LogP contribution in [0.25, 0.3) is 0 Å². The topological polar surface area (TPSA) is 68.3 Å². The van der Waals surface area contributed by atoms with Gasteiger partial charge >= 0.3 is 0 Å². The van der Waals surface area contributed by atoms with Gasteiger partial charge in [0.15, 0.2) is 5.76 Å². The van der Waals surface area contributed by atoms with E-state index in [0.717, 1.165) is 0 Å². The maximum absolute atomic E-state index is 11.6. The highest BCUT2D eigenvalue weighted by Gasteiger charge is 2.09. The van der Waals surface area contributed by atoms with Crippen molar-refractivity contribution in [1.82, 2.24) is 0 Å². The normalized spacial score (nSPS) is 10.1. The van der Waals surface area contributed by atoms with Gasteiger partial charge in [0.05, 0.1) is 17.0 Å². The van der Waals surface area contributed by atoms with E-state index in [1.165, 1.54) is 6.26 Å². The van der Waals surface area contributed by atoms with E-state index in [-0.39, 0.29) is 11.7 Å². The van der Waals surface area contributed by atoms with Gasteiger partial charge in [0.2, 0.25) is 0 Å². The maximum atomic E-state index is 11.6. The fourth-order valence-corrected chi connectivity index (χ4v) is 1.39. The molecule has 0 radical (unpaired) electrons. The van der Waals surface area contributed by atoms with E-state index in [1.54, 1.807) is 30.3 Å². The van der Waals surface area contributed by atoms with Crippen molar-refractivity contribution < 1.29 is 9.21 Å². The number of hydrogen-bond donors (Lipinski definition) is 2. The molecule has 0 saturated carbocycles. The Bertz CT molecular complexity index is 509. The number of carbonyl (C=O) groups is 1. The zero-order chi connectivity index (χ0) is 11.5. The molecule has 0 fully saturated rings. The standard InChI is InChI=1S/C11H9ClN2O2/c12-8-6-7(3-4-9(8)13)14-11(15)10-2-1-5-16-10/h1-6H,13H2,(H,14,15). The number of furan rings is 1. The molecule has 0 atom stereocenters. The van der Waals surface area contributed by atoms with Crippen LogP contribution >= 0.6 is 11.6 Å². The molecular weight excluding hydrogens is 228 g/mol. The molecule has 2 rings (SSSR count). The third kappa shape index (κ3) is 2.17. The Hall–Kier alpha value is -1.94. The lowest BCUT2D eigenvalue weighted by molar-refractivity contribution is 0.0996. The zero-order valence-electron chi connectivity index (χ0n) is 8.24. The lowest BCUT2D eigenvalue weighted by atomic mass is 10.3. The first-order valence-corrected chi connectivity index (χ1v) is 4.94. The monoisotopic (exact) mass is 236 g/mol. The van der Waals surface area contributed by atoms with Gasteiger partial charge in [0, 0.05) is 5.69 Å². The first kappa shape index (κ1) is 10.6. The summed E-state index contributed by atoms with van der Waals surface area (Å²) in [5.41, 5.74) is 6.59. The molecule has 82 valence electrons. The average molecular weight is 237 g/mol. The molecule has 3 N–H and O–H groups in total. The number of carbonyl (C=O) groups excluding carboxylic acids is 1. The predicted molar refractivity (Wildman–Crippen MR) is 62.5 cm³/mol. The van der Waals surface area contributed by atoms with Gasteiger partial charge in [-0.15, -0.1) is 0 Å². The summed E-state index contributed by atoms with van der Waals surface area (Å²) in [5.74, 6) is -0.0845. The van der Waals surface area contributed by atoms with E-state index < -0.39 is 0 Å². The first-order chi connectivity index (χ1) is 7.66. The van der Waals surface area contributed by atoms with Gasteiger partial charge in [-0.3, -0.25) is 4.79 Å². The Kier molecular flexibility index (Phi) is 2.83. The van der Waals surface area contributed by atoms with Crippen molar-refractivity contribution in [1.29, 1.82) is 0 Å². The summed E-state index contributed by atoms with van der Waals surface area (Å²) in [6.07, 6.45) is 1.44. The number of rotatable bonds is 2. The molecule has 1 amide bonds. The highest BCUT2D eigenvalue weighted by Crippen LogP contribution is 2.22. The summed E-state index contributed by atoms with van der Waals surface area (Å²) in [5, 5.41) is 3.04. The minimum absolute atomic E-state index is 0.243. The average Bonchev–Trinajstić information content (AvgIpc) is 2.77.